The first-order valence-electron chi connectivity index (χ1n) is 4.72. The average Bonchev–Trinajstić information content (AvgIpc) is 3.03. The summed E-state index contributed by atoms with van der Waals surface area (Å²) in [7, 11) is 0. The highest BCUT2D eigenvalue weighted by atomic mass is 35.5. The molecule has 0 radical (unpaired) electrons. The molecule has 1 aliphatic rings. The van der Waals surface area contributed by atoms with Gasteiger partial charge in [-0.05, 0) is 12.5 Å². The molecule has 3 heteroatoms. The highest BCUT2D eigenvalue weighted by Gasteiger charge is 2.19. The molecule has 1 fully saturated rings. The van der Waals surface area contributed by atoms with Crippen molar-refractivity contribution in [3.63, 3.8) is 0 Å². The molecule has 1 heterocycles. The minimum absolute atomic E-state index is 0.159. The Hall–Kier alpha value is -0.570. The third kappa shape index (κ3) is 4.61. The number of alkyl halides is 1. The van der Waals surface area contributed by atoms with Crippen molar-refractivity contribution in [2.45, 2.75) is 19.1 Å². The molecule has 2 N–H and O–H groups in total. The van der Waals surface area contributed by atoms with Gasteiger partial charge in [-0.3, -0.25) is 0 Å². The molecular weight excluding hydrogens is 198 g/mol. The molecule has 14 heavy (non-hydrogen) atoms. The Morgan fingerprint density at radius 1 is 1.50 bits per heavy atom. The Morgan fingerprint density at radius 3 is 2.29 bits per heavy atom. The summed E-state index contributed by atoms with van der Waals surface area (Å²) in [6, 6.07) is 10.2. The zero-order valence-corrected chi connectivity index (χ0v) is 9.08. The fraction of sp³-hybridized carbons (Fsp3) is 0.455. The number of hydrogen-bond acceptors (Lipinski definition) is 2. The lowest BCUT2D eigenvalue weighted by Crippen LogP contribution is -2.03. The molecule has 1 aromatic carbocycles. The number of hydrogen-bond donors (Lipinski definition) is 1. The molecule has 0 bridgehead atoms. The van der Waals surface area contributed by atoms with E-state index in [0.29, 0.717) is 12.0 Å². The molecule has 78 valence electrons. The van der Waals surface area contributed by atoms with Crippen molar-refractivity contribution >= 4 is 11.6 Å². The summed E-state index contributed by atoms with van der Waals surface area (Å²) in [4.78, 5) is 0. The van der Waals surface area contributed by atoms with Crippen LogP contribution >= 0.6 is 11.6 Å². The van der Waals surface area contributed by atoms with Gasteiger partial charge in [-0.2, -0.15) is 0 Å². The molecular formula is C11H16ClNO. The highest BCUT2D eigenvalue weighted by Crippen LogP contribution is 2.08. The van der Waals surface area contributed by atoms with Crippen molar-refractivity contribution < 1.29 is 4.74 Å². The molecule has 2 unspecified atom stereocenters. The fourth-order valence-corrected chi connectivity index (χ4v) is 1.09. The molecule has 2 atom stereocenters. The van der Waals surface area contributed by atoms with Crippen LogP contribution in [0.2, 0.25) is 0 Å². The van der Waals surface area contributed by atoms with Crippen LogP contribution in [0.5, 0.6) is 0 Å². The van der Waals surface area contributed by atoms with Gasteiger partial charge < -0.3 is 10.5 Å². The second-order valence-corrected chi connectivity index (χ2v) is 3.62. The summed E-state index contributed by atoms with van der Waals surface area (Å²) < 4.78 is 4.73. The molecule has 0 aliphatic carbocycles. The zero-order valence-electron chi connectivity index (χ0n) is 8.32. The molecule has 2 rings (SSSR count). The predicted octanol–water partition coefficient (Wildman–Crippen LogP) is 2.33. The monoisotopic (exact) mass is 213 g/mol. The summed E-state index contributed by atoms with van der Waals surface area (Å²) in [6.45, 7) is 2.86. The quantitative estimate of drug-likeness (QED) is 0.605. The zero-order chi connectivity index (χ0) is 10.4. The van der Waals surface area contributed by atoms with E-state index in [-0.39, 0.29) is 6.04 Å². The lowest BCUT2D eigenvalue weighted by Gasteiger charge is -2.02. The van der Waals surface area contributed by atoms with Gasteiger partial charge >= 0.3 is 0 Å². The van der Waals surface area contributed by atoms with Gasteiger partial charge in [0.15, 0.2) is 0 Å². The lowest BCUT2D eigenvalue weighted by atomic mass is 10.1. The number of ether oxygens (including phenoxy) is 1. The van der Waals surface area contributed by atoms with E-state index in [2.05, 4.69) is 0 Å². The van der Waals surface area contributed by atoms with E-state index in [1.807, 2.05) is 37.3 Å². The number of rotatable bonds is 2. The van der Waals surface area contributed by atoms with Crippen molar-refractivity contribution in [2.24, 2.45) is 5.73 Å². The third-order valence-corrected chi connectivity index (χ3v) is 2.24. The minimum Gasteiger partial charge on any atom is -0.372 e. The fourth-order valence-electron chi connectivity index (χ4n) is 0.914. The highest BCUT2D eigenvalue weighted by molar-refractivity contribution is 6.18. The first-order valence-corrected chi connectivity index (χ1v) is 5.25. The van der Waals surface area contributed by atoms with E-state index in [1.165, 1.54) is 5.56 Å². The predicted molar refractivity (Wildman–Crippen MR) is 59.5 cm³/mol. The van der Waals surface area contributed by atoms with Crippen LogP contribution in [-0.2, 0) is 4.74 Å². The van der Waals surface area contributed by atoms with E-state index in [1.54, 1.807) is 0 Å². The maximum Gasteiger partial charge on any atom is 0.0944 e. The molecule has 0 aromatic heterocycles. The summed E-state index contributed by atoms with van der Waals surface area (Å²) in [5.41, 5.74) is 6.81. The summed E-state index contributed by atoms with van der Waals surface area (Å²) >= 11 is 5.27. The van der Waals surface area contributed by atoms with Gasteiger partial charge in [0.05, 0.1) is 18.6 Å². The molecule has 1 saturated heterocycles. The molecule has 1 aliphatic heterocycles. The number of halogens is 1. The van der Waals surface area contributed by atoms with Crippen LogP contribution in [0.4, 0.5) is 0 Å². The minimum atomic E-state index is 0.159. The van der Waals surface area contributed by atoms with E-state index in [4.69, 9.17) is 22.1 Å². The number of nitrogens with two attached hydrogens (primary N) is 1. The van der Waals surface area contributed by atoms with Gasteiger partial charge in [-0.25, -0.2) is 0 Å². The summed E-state index contributed by atoms with van der Waals surface area (Å²) in [6.07, 6.45) is 0.400. The Morgan fingerprint density at radius 2 is 2.07 bits per heavy atom. The van der Waals surface area contributed by atoms with E-state index in [9.17, 15) is 0 Å². The van der Waals surface area contributed by atoms with Crippen LogP contribution in [0, 0.1) is 0 Å². The first kappa shape index (κ1) is 11.5. The van der Waals surface area contributed by atoms with Gasteiger partial charge in [0.1, 0.15) is 0 Å². The third-order valence-electron chi connectivity index (χ3n) is 1.90. The smallest absolute Gasteiger partial charge is 0.0944 e. The van der Waals surface area contributed by atoms with Crippen LogP contribution in [0.15, 0.2) is 30.3 Å². The normalized spacial score (nSPS) is 20.6. The van der Waals surface area contributed by atoms with Gasteiger partial charge in [-0.1, -0.05) is 30.3 Å². The van der Waals surface area contributed by atoms with Crippen LogP contribution in [0.1, 0.15) is 18.5 Å². The maximum atomic E-state index is 5.61. The van der Waals surface area contributed by atoms with Crippen molar-refractivity contribution in [3.8, 4) is 0 Å². The Kier molecular flexibility index (Phi) is 4.94. The first-order chi connectivity index (χ1) is 6.74. The molecule has 1 aromatic rings. The SMILES string of the molecule is CC(N)c1ccccc1.ClCC1CO1. The second kappa shape index (κ2) is 6.02. The number of epoxide rings is 1. The van der Waals surface area contributed by atoms with E-state index < -0.39 is 0 Å². The largest absolute Gasteiger partial charge is 0.372 e. The Labute approximate surface area is 90.0 Å². The van der Waals surface area contributed by atoms with Crippen LogP contribution in [-0.4, -0.2) is 18.6 Å². The van der Waals surface area contributed by atoms with Crippen LogP contribution < -0.4 is 5.73 Å². The number of benzene rings is 1. The van der Waals surface area contributed by atoms with Crippen LogP contribution in [0.25, 0.3) is 0 Å². The summed E-state index contributed by atoms with van der Waals surface area (Å²) in [5.74, 6) is 0.667. The van der Waals surface area contributed by atoms with E-state index >= 15 is 0 Å². The maximum absolute atomic E-state index is 5.61. The van der Waals surface area contributed by atoms with Crippen molar-refractivity contribution in [1.82, 2.24) is 0 Å². The average molecular weight is 214 g/mol. The van der Waals surface area contributed by atoms with Gasteiger partial charge in [-0.15, -0.1) is 11.6 Å². The topological polar surface area (TPSA) is 38.5 Å². The Bertz CT molecular complexity index is 247. The molecule has 2 nitrogen and oxygen atoms in total. The Balaban J connectivity index is 0.000000165. The molecule has 0 saturated carbocycles. The van der Waals surface area contributed by atoms with Gasteiger partial charge in [0.25, 0.3) is 0 Å². The van der Waals surface area contributed by atoms with Crippen molar-refractivity contribution in [2.75, 3.05) is 12.5 Å². The summed E-state index contributed by atoms with van der Waals surface area (Å²) in [5, 5.41) is 0. The van der Waals surface area contributed by atoms with Crippen molar-refractivity contribution in [3.05, 3.63) is 35.9 Å². The molecule has 0 amide bonds. The standard InChI is InChI=1S/C8H11N.C3H5ClO/c1-7(9)8-5-3-2-4-6-8;4-1-3-2-5-3/h2-7H,9H2,1H3;3H,1-2H2. The van der Waals surface area contributed by atoms with E-state index in [0.717, 1.165) is 6.61 Å². The van der Waals surface area contributed by atoms with Crippen LogP contribution in [0.3, 0.4) is 0 Å². The lowest BCUT2D eigenvalue weighted by molar-refractivity contribution is 0.425. The molecule has 0 spiro atoms. The van der Waals surface area contributed by atoms with Gasteiger partial charge in [0.2, 0.25) is 0 Å². The van der Waals surface area contributed by atoms with Crippen molar-refractivity contribution in [1.29, 1.82) is 0 Å². The second-order valence-electron chi connectivity index (χ2n) is 3.31. The van der Waals surface area contributed by atoms with Gasteiger partial charge in [0, 0.05) is 6.04 Å².